The van der Waals surface area contributed by atoms with Gasteiger partial charge in [0.05, 0.1) is 11.1 Å². The maximum Gasteiger partial charge on any atom is 0.573 e. The standard InChI is InChI=1S/C21H24F3N3O2/c1-14-10-11-20(26-12-14,13-25-18-9-5-6-15(2)27-18)19(28)16-7-3-4-8-17(16)29-21(22,23)24/h3-9,14,26H,10-13H2,1-2H3,(H,25,27)/t14-,20-/m0/s1. The fourth-order valence-corrected chi connectivity index (χ4v) is 3.49. The number of carbonyl (C=O) groups is 1. The minimum atomic E-state index is -4.87. The molecule has 1 fully saturated rings. The predicted octanol–water partition coefficient (Wildman–Crippen LogP) is 4.34. The first-order chi connectivity index (χ1) is 13.7. The van der Waals surface area contributed by atoms with E-state index in [0.29, 0.717) is 24.7 Å². The van der Waals surface area contributed by atoms with Crippen molar-refractivity contribution < 1.29 is 22.7 Å². The largest absolute Gasteiger partial charge is 0.573 e. The molecule has 0 amide bonds. The van der Waals surface area contributed by atoms with Gasteiger partial charge in [-0.25, -0.2) is 4.98 Å². The molecule has 3 rings (SSSR count). The van der Waals surface area contributed by atoms with Gasteiger partial charge in [-0.05, 0) is 56.5 Å². The number of rotatable bonds is 6. The van der Waals surface area contributed by atoms with Crippen LogP contribution in [0.5, 0.6) is 5.75 Å². The lowest BCUT2D eigenvalue weighted by atomic mass is 9.79. The van der Waals surface area contributed by atoms with E-state index in [0.717, 1.165) is 18.2 Å². The van der Waals surface area contributed by atoms with Gasteiger partial charge in [0.2, 0.25) is 0 Å². The van der Waals surface area contributed by atoms with E-state index in [1.807, 2.05) is 19.1 Å². The molecule has 0 radical (unpaired) electrons. The maximum atomic E-state index is 13.5. The number of nitrogens with zero attached hydrogens (tertiary/aromatic N) is 1. The summed E-state index contributed by atoms with van der Waals surface area (Å²) in [5, 5.41) is 6.45. The molecule has 1 aliphatic heterocycles. The van der Waals surface area contributed by atoms with Crippen molar-refractivity contribution in [1.29, 1.82) is 0 Å². The number of halogens is 3. The Morgan fingerprint density at radius 3 is 2.69 bits per heavy atom. The van der Waals surface area contributed by atoms with Crippen molar-refractivity contribution >= 4 is 11.6 Å². The number of aromatic nitrogens is 1. The van der Waals surface area contributed by atoms with Crippen LogP contribution in [0, 0.1) is 12.8 Å². The van der Waals surface area contributed by atoms with Crippen molar-refractivity contribution in [1.82, 2.24) is 10.3 Å². The van der Waals surface area contributed by atoms with Crippen LogP contribution in [0.2, 0.25) is 0 Å². The lowest BCUT2D eigenvalue weighted by Crippen LogP contribution is -2.60. The molecule has 5 nitrogen and oxygen atoms in total. The van der Waals surface area contributed by atoms with Crippen LogP contribution in [0.25, 0.3) is 0 Å². The summed E-state index contributed by atoms with van der Waals surface area (Å²) in [4.78, 5) is 17.8. The summed E-state index contributed by atoms with van der Waals surface area (Å²) in [5.41, 5.74) is -0.321. The van der Waals surface area contributed by atoms with E-state index < -0.39 is 23.4 Å². The SMILES string of the molecule is Cc1cccc(NC[C@]2(C(=O)c3ccccc3OC(F)(F)F)CC[C@H](C)CN2)n1. The third-order valence-corrected chi connectivity index (χ3v) is 5.10. The van der Waals surface area contributed by atoms with Gasteiger partial charge in [-0.15, -0.1) is 13.2 Å². The van der Waals surface area contributed by atoms with Crippen molar-refractivity contribution in [2.24, 2.45) is 5.92 Å². The number of carbonyl (C=O) groups excluding carboxylic acids is 1. The fourth-order valence-electron chi connectivity index (χ4n) is 3.49. The predicted molar refractivity (Wildman–Crippen MR) is 104 cm³/mol. The average Bonchev–Trinajstić information content (AvgIpc) is 2.67. The molecule has 0 aliphatic carbocycles. The number of Topliss-reactive ketones (excluding diaryl/α,β-unsaturated/α-hetero) is 1. The molecule has 0 spiro atoms. The van der Waals surface area contributed by atoms with Crippen LogP contribution in [-0.2, 0) is 0 Å². The second-order valence-electron chi connectivity index (χ2n) is 7.50. The van der Waals surface area contributed by atoms with Crippen LogP contribution >= 0.6 is 0 Å². The van der Waals surface area contributed by atoms with Crippen LogP contribution in [0.3, 0.4) is 0 Å². The maximum absolute atomic E-state index is 13.5. The Labute approximate surface area is 167 Å². The number of hydrogen-bond donors (Lipinski definition) is 2. The second kappa shape index (κ2) is 8.41. The number of ketones is 1. The minimum Gasteiger partial charge on any atom is -0.405 e. The van der Waals surface area contributed by atoms with E-state index in [4.69, 9.17) is 0 Å². The Hall–Kier alpha value is -2.61. The number of alkyl halides is 3. The van der Waals surface area contributed by atoms with Gasteiger partial charge in [0.1, 0.15) is 11.6 Å². The van der Waals surface area contributed by atoms with Crippen LogP contribution in [0.4, 0.5) is 19.0 Å². The minimum absolute atomic E-state index is 0.0918. The van der Waals surface area contributed by atoms with Gasteiger partial charge in [-0.2, -0.15) is 0 Å². The quantitative estimate of drug-likeness (QED) is 0.698. The molecule has 156 valence electrons. The van der Waals surface area contributed by atoms with Crippen LogP contribution in [0.15, 0.2) is 42.5 Å². The number of benzene rings is 1. The van der Waals surface area contributed by atoms with Gasteiger partial charge in [-0.1, -0.05) is 25.1 Å². The first-order valence-electron chi connectivity index (χ1n) is 9.51. The molecule has 2 heterocycles. The second-order valence-corrected chi connectivity index (χ2v) is 7.50. The summed E-state index contributed by atoms with van der Waals surface area (Å²) in [5.74, 6) is 0.0648. The molecule has 2 aromatic rings. The summed E-state index contributed by atoms with van der Waals surface area (Å²) in [6.45, 7) is 4.72. The Bertz CT molecular complexity index is 862. The van der Waals surface area contributed by atoms with E-state index in [2.05, 4.69) is 27.3 Å². The van der Waals surface area contributed by atoms with Gasteiger partial charge in [-0.3, -0.25) is 4.79 Å². The van der Waals surface area contributed by atoms with Crippen molar-refractivity contribution in [3.05, 3.63) is 53.7 Å². The third-order valence-electron chi connectivity index (χ3n) is 5.10. The van der Waals surface area contributed by atoms with Gasteiger partial charge >= 0.3 is 6.36 Å². The van der Waals surface area contributed by atoms with E-state index >= 15 is 0 Å². The molecule has 2 N–H and O–H groups in total. The van der Waals surface area contributed by atoms with Crippen LogP contribution in [0.1, 0.15) is 35.8 Å². The first kappa shape index (κ1) is 21.1. The Balaban J connectivity index is 1.90. The molecule has 29 heavy (non-hydrogen) atoms. The zero-order valence-electron chi connectivity index (χ0n) is 16.3. The smallest absolute Gasteiger partial charge is 0.405 e. The Kier molecular flexibility index (Phi) is 6.12. The molecule has 1 aliphatic rings. The van der Waals surface area contributed by atoms with Gasteiger partial charge in [0.15, 0.2) is 5.78 Å². The third kappa shape index (κ3) is 5.26. The number of aryl methyl sites for hydroxylation is 1. The molecule has 1 aromatic heterocycles. The number of nitrogens with one attached hydrogen (secondary N) is 2. The normalized spacial score (nSPS) is 22.2. The number of para-hydroxylation sites is 1. The highest BCUT2D eigenvalue weighted by molar-refractivity contribution is 6.05. The highest BCUT2D eigenvalue weighted by atomic mass is 19.4. The molecule has 1 aromatic carbocycles. The van der Waals surface area contributed by atoms with E-state index in [1.54, 1.807) is 6.07 Å². The van der Waals surface area contributed by atoms with E-state index in [9.17, 15) is 18.0 Å². The topological polar surface area (TPSA) is 63.2 Å². The molecule has 0 bridgehead atoms. The summed E-state index contributed by atoms with van der Waals surface area (Å²) in [6.07, 6.45) is -3.60. The fraction of sp³-hybridized carbons (Fsp3) is 0.429. The Morgan fingerprint density at radius 2 is 2.03 bits per heavy atom. The molecule has 8 heteroatoms. The van der Waals surface area contributed by atoms with Gasteiger partial charge in [0.25, 0.3) is 0 Å². The van der Waals surface area contributed by atoms with E-state index in [-0.39, 0.29) is 12.1 Å². The zero-order chi connectivity index (χ0) is 21.1. The van der Waals surface area contributed by atoms with Gasteiger partial charge in [0, 0.05) is 12.2 Å². The molecular formula is C21H24F3N3O2. The molecule has 1 saturated heterocycles. The van der Waals surface area contributed by atoms with Gasteiger partial charge < -0.3 is 15.4 Å². The van der Waals surface area contributed by atoms with E-state index in [1.165, 1.54) is 18.2 Å². The summed E-state index contributed by atoms with van der Waals surface area (Å²) in [7, 11) is 0. The zero-order valence-corrected chi connectivity index (χ0v) is 16.3. The number of hydrogen-bond acceptors (Lipinski definition) is 5. The molecule has 0 saturated carbocycles. The number of piperidine rings is 1. The van der Waals surface area contributed by atoms with Crippen molar-refractivity contribution in [3.8, 4) is 5.75 Å². The van der Waals surface area contributed by atoms with Crippen molar-refractivity contribution in [2.75, 3.05) is 18.4 Å². The van der Waals surface area contributed by atoms with Crippen molar-refractivity contribution in [3.63, 3.8) is 0 Å². The Morgan fingerprint density at radius 1 is 1.28 bits per heavy atom. The molecule has 0 unspecified atom stereocenters. The summed E-state index contributed by atoms with van der Waals surface area (Å²) < 4.78 is 42.5. The van der Waals surface area contributed by atoms with Crippen molar-refractivity contribution in [2.45, 2.75) is 38.6 Å². The monoisotopic (exact) mass is 407 g/mol. The number of anilines is 1. The average molecular weight is 407 g/mol. The van der Waals surface area contributed by atoms with Crippen LogP contribution in [-0.4, -0.2) is 35.8 Å². The summed E-state index contributed by atoms with van der Waals surface area (Å²) >= 11 is 0. The molecule has 2 atom stereocenters. The first-order valence-corrected chi connectivity index (χ1v) is 9.51. The summed E-state index contributed by atoms with van der Waals surface area (Å²) in [6, 6.07) is 11.0. The van der Waals surface area contributed by atoms with Crippen LogP contribution < -0.4 is 15.4 Å². The number of pyridine rings is 1. The highest BCUT2D eigenvalue weighted by Crippen LogP contribution is 2.32. The lowest BCUT2D eigenvalue weighted by Gasteiger charge is -2.40. The highest BCUT2D eigenvalue weighted by Gasteiger charge is 2.43. The lowest BCUT2D eigenvalue weighted by molar-refractivity contribution is -0.274. The number of ether oxygens (including phenoxy) is 1. The molecular weight excluding hydrogens is 383 g/mol.